The second kappa shape index (κ2) is 6.95. The maximum absolute atomic E-state index is 13.6. The summed E-state index contributed by atoms with van der Waals surface area (Å²) in [6, 6.07) is 15.4. The van der Waals surface area contributed by atoms with Crippen molar-refractivity contribution >= 4 is 22.7 Å². The van der Waals surface area contributed by atoms with Crippen LogP contribution >= 0.6 is 11.8 Å². The van der Waals surface area contributed by atoms with Crippen molar-refractivity contribution < 1.29 is 27.1 Å². The van der Waals surface area contributed by atoms with Gasteiger partial charge in [0.2, 0.25) is 0 Å². The summed E-state index contributed by atoms with van der Waals surface area (Å²) in [4.78, 5) is 4.42. The molecule has 0 radical (unpaired) electrons. The summed E-state index contributed by atoms with van der Waals surface area (Å²) < 4.78 is 67.9. The lowest BCUT2D eigenvalue weighted by Crippen LogP contribution is -2.54. The number of fused-ring (bicyclic) bond motifs is 1. The van der Waals surface area contributed by atoms with Gasteiger partial charge in [0.25, 0.3) is 5.92 Å². The van der Waals surface area contributed by atoms with Gasteiger partial charge in [0.15, 0.2) is 0 Å². The smallest absolute Gasteiger partial charge is 0.388 e. The maximum atomic E-state index is 13.6. The van der Waals surface area contributed by atoms with Crippen molar-refractivity contribution in [3.63, 3.8) is 0 Å². The van der Waals surface area contributed by atoms with Crippen LogP contribution < -0.4 is 0 Å². The van der Waals surface area contributed by atoms with E-state index < -0.39 is 41.4 Å². The fourth-order valence-electron chi connectivity index (χ4n) is 3.71. The van der Waals surface area contributed by atoms with E-state index in [0.29, 0.717) is 10.5 Å². The molecule has 1 aliphatic carbocycles. The van der Waals surface area contributed by atoms with Crippen LogP contribution in [0.2, 0.25) is 0 Å². The average Bonchev–Trinajstić information content (AvgIpc) is 2.63. The third-order valence-corrected chi connectivity index (χ3v) is 6.37. The van der Waals surface area contributed by atoms with Gasteiger partial charge in [0.1, 0.15) is 0 Å². The van der Waals surface area contributed by atoms with Crippen molar-refractivity contribution in [1.29, 1.82) is 0 Å². The first-order valence-electron chi connectivity index (χ1n) is 8.86. The summed E-state index contributed by atoms with van der Waals surface area (Å²) in [6.45, 7) is 0. The predicted octanol–water partition coefficient (Wildman–Crippen LogP) is 6.25. The summed E-state index contributed by atoms with van der Waals surface area (Å²) in [5, 5.41) is 10.8. The number of rotatable bonds is 4. The largest absolute Gasteiger partial charge is 0.416 e. The molecule has 0 aliphatic heterocycles. The third kappa shape index (κ3) is 3.96. The van der Waals surface area contributed by atoms with Gasteiger partial charge in [0.05, 0.1) is 27.0 Å². The number of aromatic nitrogens is 1. The quantitative estimate of drug-likeness (QED) is 0.396. The van der Waals surface area contributed by atoms with E-state index in [1.807, 2.05) is 12.1 Å². The second-order valence-corrected chi connectivity index (χ2v) is 8.36. The molecule has 1 atom stereocenters. The highest BCUT2D eigenvalue weighted by Crippen LogP contribution is 2.58. The molecule has 1 aliphatic rings. The second-order valence-electron chi connectivity index (χ2n) is 7.24. The minimum atomic E-state index is -4.67. The van der Waals surface area contributed by atoms with Crippen LogP contribution in [0.1, 0.15) is 29.2 Å². The summed E-state index contributed by atoms with van der Waals surface area (Å²) in [5.41, 5.74) is -2.51. The van der Waals surface area contributed by atoms with Crippen LogP contribution in [0.3, 0.4) is 0 Å². The van der Waals surface area contributed by atoms with Crippen molar-refractivity contribution in [2.24, 2.45) is 0 Å². The van der Waals surface area contributed by atoms with Crippen LogP contribution in [-0.2, 0) is 6.18 Å². The van der Waals surface area contributed by atoms with Gasteiger partial charge in [-0.25, -0.2) is 13.8 Å². The molecule has 1 fully saturated rings. The van der Waals surface area contributed by atoms with Crippen LogP contribution in [0.5, 0.6) is 0 Å². The van der Waals surface area contributed by atoms with E-state index in [4.69, 9.17) is 0 Å². The van der Waals surface area contributed by atoms with Crippen molar-refractivity contribution in [3.8, 4) is 0 Å². The number of nitrogens with zero attached hydrogens (tertiary/aromatic N) is 1. The van der Waals surface area contributed by atoms with Crippen LogP contribution in [0, 0.1) is 0 Å². The first-order chi connectivity index (χ1) is 13.6. The van der Waals surface area contributed by atoms with E-state index in [9.17, 15) is 27.1 Å². The molecule has 2 aromatic carbocycles. The van der Waals surface area contributed by atoms with Gasteiger partial charge >= 0.3 is 6.18 Å². The Hall–Kier alpha value is -2.19. The number of thioether (sulfide) groups is 1. The van der Waals surface area contributed by atoms with E-state index in [1.54, 1.807) is 24.3 Å². The SMILES string of the molecule is OC1(C(Sc2ccc3ccccc3n2)c2ccccc2C(F)(F)F)CC(F)(F)C1. The number of aliphatic hydroxyl groups is 1. The first-order valence-corrected chi connectivity index (χ1v) is 9.74. The molecule has 8 heteroatoms. The molecule has 1 N–H and O–H groups in total. The van der Waals surface area contributed by atoms with E-state index in [0.717, 1.165) is 23.2 Å². The van der Waals surface area contributed by atoms with Crippen molar-refractivity contribution in [2.45, 2.75) is 40.8 Å². The fourth-order valence-corrected chi connectivity index (χ4v) is 4.97. The minimum absolute atomic E-state index is 0.224. The topological polar surface area (TPSA) is 33.1 Å². The molecule has 0 bridgehead atoms. The summed E-state index contributed by atoms with van der Waals surface area (Å²) >= 11 is 0.876. The highest BCUT2D eigenvalue weighted by Gasteiger charge is 2.60. The number of para-hydroxylation sites is 1. The third-order valence-electron chi connectivity index (χ3n) is 4.98. The molecule has 1 aromatic heterocycles. The molecule has 3 aromatic rings. The van der Waals surface area contributed by atoms with E-state index in [1.165, 1.54) is 18.2 Å². The molecule has 0 amide bonds. The van der Waals surface area contributed by atoms with Gasteiger partial charge in [-0.1, -0.05) is 54.2 Å². The van der Waals surface area contributed by atoms with Crippen LogP contribution in [-0.4, -0.2) is 21.6 Å². The molecule has 152 valence electrons. The number of halogens is 5. The summed E-state index contributed by atoms with van der Waals surface area (Å²) in [5.74, 6) is -3.10. The number of alkyl halides is 5. The highest BCUT2D eigenvalue weighted by atomic mass is 32.2. The Morgan fingerprint density at radius 2 is 1.59 bits per heavy atom. The molecular weight excluding hydrogens is 409 g/mol. The average molecular weight is 425 g/mol. The number of hydrogen-bond acceptors (Lipinski definition) is 3. The van der Waals surface area contributed by atoms with Gasteiger partial charge in [-0.15, -0.1) is 0 Å². The van der Waals surface area contributed by atoms with Crippen LogP contribution in [0.25, 0.3) is 10.9 Å². The van der Waals surface area contributed by atoms with E-state index in [-0.39, 0.29) is 5.56 Å². The monoisotopic (exact) mass is 425 g/mol. The Bertz CT molecular complexity index is 1040. The zero-order valence-electron chi connectivity index (χ0n) is 15.0. The predicted molar refractivity (Wildman–Crippen MR) is 101 cm³/mol. The standard InChI is InChI=1S/C21H16F5NOS/c22-20(23)11-19(28,12-20)18(14-6-2-3-7-15(14)21(24,25)26)29-17-10-9-13-5-1-4-8-16(13)27-17/h1-10,18,28H,11-12H2. The first kappa shape index (κ1) is 20.1. The Balaban J connectivity index is 1.78. The fraction of sp³-hybridized carbons (Fsp3) is 0.286. The van der Waals surface area contributed by atoms with Gasteiger partial charge in [-0.3, -0.25) is 0 Å². The molecule has 1 saturated carbocycles. The lowest BCUT2D eigenvalue weighted by molar-refractivity contribution is -0.205. The van der Waals surface area contributed by atoms with Gasteiger partial charge in [0, 0.05) is 18.2 Å². The van der Waals surface area contributed by atoms with Crippen molar-refractivity contribution in [3.05, 3.63) is 71.8 Å². The molecule has 2 nitrogen and oxygen atoms in total. The molecule has 1 heterocycles. The van der Waals surface area contributed by atoms with E-state index >= 15 is 0 Å². The van der Waals surface area contributed by atoms with Gasteiger partial charge < -0.3 is 5.11 Å². The molecule has 1 unspecified atom stereocenters. The Morgan fingerprint density at radius 3 is 2.28 bits per heavy atom. The minimum Gasteiger partial charge on any atom is -0.388 e. The Morgan fingerprint density at radius 1 is 0.931 bits per heavy atom. The zero-order valence-corrected chi connectivity index (χ0v) is 15.8. The van der Waals surface area contributed by atoms with Gasteiger partial charge in [-0.05, 0) is 23.8 Å². The van der Waals surface area contributed by atoms with Crippen LogP contribution in [0.4, 0.5) is 22.0 Å². The van der Waals surface area contributed by atoms with E-state index in [2.05, 4.69) is 4.98 Å². The van der Waals surface area contributed by atoms with Crippen molar-refractivity contribution in [2.75, 3.05) is 0 Å². The molecule has 0 saturated heterocycles. The zero-order chi connectivity index (χ0) is 20.9. The van der Waals surface area contributed by atoms with Crippen molar-refractivity contribution in [1.82, 2.24) is 4.98 Å². The van der Waals surface area contributed by atoms with Gasteiger partial charge in [-0.2, -0.15) is 13.2 Å². The summed E-state index contributed by atoms with van der Waals surface area (Å²) in [7, 11) is 0. The highest BCUT2D eigenvalue weighted by molar-refractivity contribution is 7.99. The number of pyridine rings is 1. The Kier molecular flexibility index (Phi) is 4.82. The lowest BCUT2D eigenvalue weighted by Gasteiger charge is -2.48. The number of benzene rings is 2. The molecule has 0 spiro atoms. The molecule has 29 heavy (non-hydrogen) atoms. The lowest BCUT2D eigenvalue weighted by atomic mass is 9.72. The molecule has 4 rings (SSSR count). The Labute approximate surface area is 167 Å². The van der Waals surface area contributed by atoms with Crippen LogP contribution in [0.15, 0.2) is 65.7 Å². The number of hydrogen-bond donors (Lipinski definition) is 1. The summed E-state index contributed by atoms with van der Waals surface area (Å²) in [6.07, 6.45) is -6.45. The normalized spacial score (nSPS) is 19.0. The molecular formula is C21H16F5NOS. The maximum Gasteiger partial charge on any atom is 0.416 e.